The van der Waals surface area contributed by atoms with Gasteiger partial charge in [0.1, 0.15) is 0 Å². The van der Waals surface area contributed by atoms with E-state index in [1.165, 1.54) is 11.1 Å². The largest absolute Gasteiger partial charge is 0.481 e. The number of carboxylic acid groups (broad SMARTS) is 1. The van der Waals surface area contributed by atoms with Gasteiger partial charge >= 0.3 is 5.97 Å². The fourth-order valence-electron chi connectivity index (χ4n) is 2.64. The Hall–Kier alpha value is -1.31. The first-order valence-corrected chi connectivity index (χ1v) is 5.54. The van der Waals surface area contributed by atoms with Crippen LogP contribution in [0.25, 0.3) is 0 Å². The smallest absolute Gasteiger partial charge is 0.307 e. The molecule has 0 aliphatic heterocycles. The zero-order valence-corrected chi connectivity index (χ0v) is 8.94. The lowest BCUT2D eigenvalue weighted by molar-refractivity contribution is -0.142. The molecule has 0 fully saturated rings. The number of aryl methyl sites for hydroxylation is 1. The molecule has 2 rings (SSSR count). The van der Waals surface area contributed by atoms with E-state index in [1.54, 1.807) is 0 Å². The van der Waals surface area contributed by atoms with E-state index >= 15 is 0 Å². The topological polar surface area (TPSA) is 37.3 Å². The van der Waals surface area contributed by atoms with Gasteiger partial charge in [0.25, 0.3) is 0 Å². The van der Waals surface area contributed by atoms with Gasteiger partial charge in [0.15, 0.2) is 0 Å². The van der Waals surface area contributed by atoms with Crippen molar-refractivity contribution < 1.29 is 9.90 Å². The molecule has 0 saturated carbocycles. The third-order valence-electron chi connectivity index (χ3n) is 3.42. The van der Waals surface area contributed by atoms with Gasteiger partial charge in [-0.3, -0.25) is 4.79 Å². The molecule has 0 saturated heterocycles. The molecule has 0 aromatic heterocycles. The molecule has 80 valence electrons. The summed E-state index contributed by atoms with van der Waals surface area (Å²) in [5.41, 5.74) is 2.59. The number of benzene rings is 1. The van der Waals surface area contributed by atoms with Crippen molar-refractivity contribution in [3.05, 3.63) is 35.4 Å². The Kier molecular flexibility index (Phi) is 2.76. The van der Waals surface area contributed by atoms with Crippen LogP contribution in [0.1, 0.15) is 36.8 Å². The third kappa shape index (κ3) is 1.76. The van der Waals surface area contributed by atoms with E-state index < -0.39 is 5.97 Å². The minimum atomic E-state index is -0.654. The minimum Gasteiger partial charge on any atom is -0.481 e. The van der Waals surface area contributed by atoms with Gasteiger partial charge in [-0.1, -0.05) is 31.2 Å². The Balaban J connectivity index is 2.30. The van der Waals surface area contributed by atoms with Gasteiger partial charge < -0.3 is 5.11 Å². The Bertz CT molecular complexity index is 371. The van der Waals surface area contributed by atoms with E-state index in [-0.39, 0.29) is 11.8 Å². The summed E-state index contributed by atoms with van der Waals surface area (Å²) < 4.78 is 0. The van der Waals surface area contributed by atoms with E-state index in [1.807, 2.05) is 19.1 Å². The summed E-state index contributed by atoms with van der Waals surface area (Å²) in [6, 6.07) is 8.23. The van der Waals surface area contributed by atoms with Crippen molar-refractivity contribution in [3.8, 4) is 0 Å². The molecule has 0 amide bonds. The first kappa shape index (κ1) is 10.2. The van der Waals surface area contributed by atoms with Crippen LogP contribution in [0.3, 0.4) is 0 Å². The number of carbonyl (C=O) groups is 1. The number of rotatable bonds is 3. The summed E-state index contributed by atoms with van der Waals surface area (Å²) in [4.78, 5) is 11.1. The van der Waals surface area contributed by atoms with Gasteiger partial charge in [-0.2, -0.15) is 0 Å². The van der Waals surface area contributed by atoms with Gasteiger partial charge in [-0.25, -0.2) is 0 Å². The minimum absolute atomic E-state index is 0.214. The highest BCUT2D eigenvalue weighted by molar-refractivity contribution is 5.71. The first-order valence-electron chi connectivity index (χ1n) is 5.54. The Labute approximate surface area is 89.9 Å². The van der Waals surface area contributed by atoms with Crippen LogP contribution >= 0.6 is 0 Å². The predicted octanol–water partition coefficient (Wildman–Crippen LogP) is 2.83. The maximum Gasteiger partial charge on any atom is 0.307 e. The maximum atomic E-state index is 11.1. The van der Waals surface area contributed by atoms with Gasteiger partial charge in [0.2, 0.25) is 0 Å². The average Bonchev–Trinajstić information content (AvgIpc) is 2.63. The van der Waals surface area contributed by atoms with Crippen molar-refractivity contribution in [1.29, 1.82) is 0 Å². The van der Waals surface area contributed by atoms with Crippen LogP contribution in [0.5, 0.6) is 0 Å². The van der Waals surface area contributed by atoms with Crippen molar-refractivity contribution in [1.82, 2.24) is 0 Å². The predicted molar refractivity (Wildman–Crippen MR) is 58.9 cm³/mol. The van der Waals surface area contributed by atoms with Crippen molar-refractivity contribution in [2.45, 2.75) is 32.1 Å². The Morgan fingerprint density at radius 2 is 2.27 bits per heavy atom. The van der Waals surface area contributed by atoms with E-state index in [2.05, 4.69) is 12.1 Å². The highest BCUT2D eigenvalue weighted by atomic mass is 16.4. The van der Waals surface area contributed by atoms with Crippen molar-refractivity contribution in [3.63, 3.8) is 0 Å². The fourth-order valence-corrected chi connectivity index (χ4v) is 2.64. The van der Waals surface area contributed by atoms with E-state index in [0.717, 1.165) is 12.8 Å². The second-order valence-electron chi connectivity index (χ2n) is 4.20. The molecule has 15 heavy (non-hydrogen) atoms. The summed E-state index contributed by atoms with van der Waals surface area (Å²) in [7, 11) is 0. The van der Waals surface area contributed by atoms with Crippen LogP contribution in [0, 0.1) is 5.92 Å². The Morgan fingerprint density at radius 3 is 2.93 bits per heavy atom. The second-order valence-corrected chi connectivity index (χ2v) is 4.20. The summed E-state index contributed by atoms with van der Waals surface area (Å²) >= 11 is 0. The van der Waals surface area contributed by atoms with Crippen LogP contribution in [0.15, 0.2) is 24.3 Å². The lowest BCUT2D eigenvalue weighted by Gasteiger charge is -2.18. The number of hydrogen-bond donors (Lipinski definition) is 1. The molecular weight excluding hydrogens is 188 g/mol. The lowest BCUT2D eigenvalue weighted by Crippen LogP contribution is -2.19. The Morgan fingerprint density at radius 1 is 1.53 bits per heavy atom. The summed E-state index contributed by atoms with van der Waals surface area (Å²) in [5.74, 6) is -0.642. The lowest BCUT2D eigenvalue weighted by atomic mass is 9.85. The molecule has 0 radical (unpaired) electrons. The second kappa shape index (κ2) is 4.05. The third-order valence-corrected chi connectivity index (χ3v) is 3.42. The fraction of sp³-hybridized carbons (Fsp3) is 0.462. The molecule has 2 atom stereocenters. The summed E-state index contributed by atoms with van der Waals surface area (Å²) in [5, 5.41) is 9.16. The van der Waals surface area contributed by atoms with E-state index in [9.17, 15) is 4.79 Å². The van der Waals surface area contributed by atoms with E-state index in [4.69, 9.17) is 5.11 Å². The summed E-state index contributed by atoms with van der Waals surface area (Å²) in [6.45, 7) is 1.96. The molecule has 1 N–H and O–H groups in total. The van der Waals surface area contributed by atoms with E-state index in [0.29, 0.717) is 6.42 Å². The van der Waals surface area contributed by atoms with Crippen LogP contribution in [-0.2, 0) is 11.2 Å². The van der Waals surface area contributed by atoms with Gasteiger partial charge in [0.05, 0.1) is 5.92 Å². The molecule has 1 aliphatic rings. The monoisotopic (exact) mass is 204 g/mol. The van der Waals surface area contributed by atoms with Crippen molar-refractivity contribution in [2.75, 3.05) is 0 Å². The van der Waals surface area contributed by atoms with Crippen molar-refractivity contribution >= 4 is 5.97 Å². The molecule has 2 heteroatoms. The molecule has 0 heterocycles. The zero-order valence-electron chi connectivity index (χ0n) is 8.94. The van der Waals surface area contributed by atoms with Crippen LogP contribution in [0.4, 0.5) is 0 Å². The average molecular weight is 204 g/mol. The molecule has 0 bridgehead atoms. The van der Waals surface area contributed by atoms with Crippen LogP contribution in [-0.4, -0.2) is 11.1 Å². The summed E-state index contributed by atoms with van der Waals surface area (Å²) in [6.07, 6.45) is 2.74. The number of carboxylic acids is 1. The van der Waals surface area contributed by atoms with Gasteiger partial charge in [-0.05, 0) is 36.3 Å². The maximum absolute atomic E-state index is 11.1. The highest BCUT2D eigenvalue weighted by Gasteiger charge is 2.32. The number of fused-ring (bicyclic) bond motifs is 1. The highest BCUT2D eigenvalue weighted by Crippen LogP contribution is 2.39. The number of hydrogen-bond acceptors (Lipinski definition) is 1. The first-order chi connectivity index (χ1) is 7.24. The van der Waals surface area contributed by atoms with Gasteiger partial charge in [-0.15, -0.1) is 0 Å². The molecular formula is C13H16O2. The molecule has 1 aromatic carbocycles. The zero-order chi connectivity index (χ0) is 10.8. The van der Waals surface area contributed by atoms with Gasteiger partial charge in [0, 0.05) is 0 Å². The number of aliphatic carboxylic acids is 1. The molecule has 2 nitrogen and oxygen atoms in total. The molecule has 1 aliphatic carbocycles. The molecule has 0 spiro atoms. The molecule has 1 aromatic rings. The normalized spacial score (nSPS) is 21.0. The standard InChI is InChI=1S/C13H16O2/c1-2-10(13(14)15)12-8-7-9-5-3-4-6-11(9)12/h3-6,10,12H,2,7-8H2,1H3,(H,14,15). The van der Waals surface area contributed by atoms with Crippen molar-refractivity contribution in [2.24, 2.45) is 5.92 Å². The quantitative estimate of drug-likeness (QED) is 0.822. The van der Waals surface area contributed by atoms with Crippen LogP contribution < -0.4 is 0 Å². The SMILES string of the molecule is CCC(C(=O)O)C1CCc2ccccc21. The molecule has 2 unspecified atom stereocenters. The van der Waals surface area contributed by atoms with Crippen LogP contribution in [0.2, 0.25) is 0 Å².